The van der Waals surface area contributed by atoms with Crippen molar-refractivity contribution >= 4 is 29.1 Å². The number of hydrogen-bond acceptors (Lipinski definition) is 5. The maximum Gasteiger partial charge on any atom is 0.152 e. The molecule has 4 rings (SSSR count). The van der Waals surface area contributed by atoms with Crippen molar-refractivity contribution in [3.8, 4) is 0 Å². The molecule has 1 aliphatic carbocycles. The summed E-state index contributed by atoms with van der Waals surface area (Å²) in [5.74, 6) is 0.259. The Morgan fingerprint density at radius 3 is 2.68 bits per heavy atom. The van der Waals surface area contributed by atoms with Gasteiger partial charge in [0.2, 0.25) is 0 Å². The molecule has 1 unspecified atom stereocenters. The van der Waals surface area contributed by atoms with Crippen molar-refractivity contribution in [2.24, 2.45) is 0 Å². The van der Waals surface area contributed by atoms with Crippen LogP contribution in [-0.2, 0) is 0 Å². The SMILES string of the molecule is C=CNc1c(NC2=CNC(C)C(=C)C2)cc(/C=C2/C(=N)N(C)C(=N)C3=C2C3)c(C)c1F. The molecule has 5 N–H and O–H groups in total. The lowest BCUT2D eigenvalue weighted by molar-refractivity contribution is 0.622. The first kappa shape index (κ1) is 20.7. The molecule has 0 bridgehead atoms. The normalized spacial score (nSPS) is 21.6. The Morgan fingerprint density at radius 2 is 2.00 bits per heavy atom. The largest absolute Gasteiger partial charge is 0.383 e. The molecule has 0 aromatic heterocycles. The molecular weight excluding hydrogens is 391 g/mol. The van der Waals surface area contributed by atoms with Crippen LogP contribution in [0.4, 0.5) is 15.8 Å². The van der Waals surface area contributed by atoms with Crippen molar-refractivity contribution in [1.82, 2.24) is 10.2 Å². The standard InChI is InChI=1S/C24H27FN6/c1-6-28-22-20(30-16-7-12(2)14(4)29-11-16)9-15(13(3)21(22)25)8-18-17-10-19(17)24(27)31(5)23(18)26/h6,8-9,11,14,26-30H,1-2,7,10H2,3-5H3/b18-8+,26-23?,27-24?. The topological polar surface area (TPSA) is 87.0 Å². The van der Waals surface area contributed by atoms with Crippen LogP contribution in [0.3, 0.4) is 0 Å². The lowest BCUT2D eigenvalue weighted by Crippen LogP contribution is -2.34. The van der Waals surface area contributed by atoms with E-state index in [2.05, 4.69) is 29.1 Å². The van der Waals surface area contributed by atoms with Crippen LogP contribution in [0.5, 0.6) is 0 Å². The highest BCUT2D eigenvalue weighted by Gasteiger charge is 2.38. The Morgan fingerprint density at radius 1 is 1.26 bits per heavy atom. The fourth-order valence-electron chi connectivity index (χ4n) is 3.87. The average molecular weight is 419 g/mol. The number of anilines is 2. The van der Waals surface area contributed by atoms with Crippen LogP contribution in [0.1, 0.15) is 30.9 Å². The van der Waals surface area contributed by atoms with Gasteiger partial charge in [0.15, 0.2) is 5.82 Å². The van der Waals surface area contributed by atoms with E-state index >= 15 is 4.39 Å². The first-order chi connectivity index (χ1) is 14.7. The minimum atomic E-state index is -0.373. The van der Waals surface area contributed by atoms with Crippen molar-refractivity contribution in [2.75, 3.05) is 17.7 Å². The molecule has 1 atom stereocenters. The van der Waals surface area contributed by atoms with E-state index < -0.39 is 0 Å². The molecule has 2 heterocycles. The van der Waals surface area contributed by atoms with Gasteiger partial charge in [0.25, 0.3) is 0 Å². The van der Waals surface area contributed by atoms with Crippen LogP contribution in [-0.4, -0.2) is 29.7 Å². The molecule has 6 nitrogen and oxygen atoms in total. The Kier molecular flexibility index (Phi) is 5.05. The van der Waals surface area contributed by atoms with E-state index in [1.165, 1.54) is 6.20 Å². The zero-order valence-corrected chi connectivity index (χ0v) is 18.0. The number of likely N-dealkylation sites (N-methyl/N-ethyl adjacent to an activating group) is 1. The third-order valence-corrected chi connectivity index (χ3v) is 6.06. The minimum Gasteiger partial charge on any atom is -0.383 e. The van der Waals surface area contributed by atoms with Crippen molar-refractivity contribution in [1.29, 1.82) is 10.8 Å². The average Bonchev–Trinajstić information content (AvgIpc) is 3.53. The molecule has 7 heteroatoms. The van der Waals surface area contributed by atoms with Crippen LogP contribution in [0, 0.1) is 23.6 Å². The van der Waals surface area contributed by atoms with E-state index in [-0.39, 0.29) is 17.7 Å². The number of benzene rings is 1. The summed E-state index contributed by atoms with van der Waals surface area (Å²) in [4.78, 5) is 1.56. The Labute approximate surface area is 181 Å². The maximum atomic E-state index is 15.4. The van der Waals surface area contributed by atoms with Crippen molar-refractivity contribution in [3.63, 3.8) is 0 Å². The first-order valence-electron chi connectivity index (χ1n) is 10.2. The summed E-state index contributed by atoms with van der Waals surface area (Å²) in [6.07, 6.45) is 6.57. The third kappa shape index (κ3) is 3.56. The Bertz CT molecular complexity index is 1140. The van der Waals surface area contributed by atoms with Crippen LogP contribution in [0.2, 0.25) is 0 Å². The summed E-state index contributed by atoms with van der Waals surface area (Å²) in [6, 6.07) is 2.08. The molecule has 2 aliphatic heterocycles. The molecule has 0 radical (unpaired) electrons. The fraction of sp³-hybridized carbons (Fsp3) is 0.250. The third-order valence-electron chi connectivity index (χ3n) is 6.06. The predicted molar refractivity (Wildman–Crippen MR) is 126 cm³/mol. The monoisotopic (exact) mass is 418 g/mol. The number of allylic oxidation sites excluding steroid dienone is 1. The van der Waals surface area contributed by atoms with Gasteiger partial charge in [-0.1, -0.05) is 13.2 Å². The number of amidine groups is 2. The minimum absolute atomic E-state index is 0.195. The van der Waals surface area contributed by atoms with Gasteiger partial charge in [0.05, 0.1) is 11.4 Å². The van der Waals surface area contributed by atoms with E-state index in [1.807, 2.05) is 25.3 Å². The summed E-state index contributed by atoms with van der Waals surface area (Å²) in [5.41, 5.74) is 6.71. The van der Waals surface area contributed by atoms with Gasteiger partial charge < -0.3 is 20.9 Å². The lowest BCUT2D eigenvalue weighted by Gasteiger charge is -2.26. The fourth-order valence-corrected chi connectivity index (χ4v) is 3.87. The van der Waals surface area contributed by atoms with Crippen LogP contribution >= 0.6 is 0 Å². The molecule has 31 heavy (non-hydrogen) atoms. The van der Waals surface area contributed by atoms with Gasteiger partial charge in [-0.25, -0.2) is 4.39 Å². The van der Waals surface area contributed by atoms with E-state index in [1.54, 1.807) is 18.9 Å². The van der Waals surface area contributed by atoms with Crippen molar-refractivity contribution in [3.05, 3.63) is 76.6 Å². The van der Waals surface area contributed by atoms with Crippen LogP contribution in [0.15, 0.2) is 59.6 Å². The number of nitrogens with one attached hydrogen (secondary N) is 5. The van der Waals surface area contributed by atoms with Gasteiger partial charge in [-0.05, 0) is 54.5 Å². The van der Waals surface area contributed by atoms with E-state index in [9.17, 15) is 0 Å². The number of halogens is 1. The molecule has 0 spiro atoms. The van der Waals surface area contributed by atoms with Crippen LogP contribution in [0.25, 0.3) is 6.08 Å². The van der Waals surface area contributed by atoms with Gasteiger partial charge in [-0.3, -0.25) is 10.8 Å². The summed E-state index contributed by atoms with van der Waals surface area (Å²) in [7, 11) is 1.72. The molecule has 0 saturated carbocycles. The van der Waals surface area contributed by atoms with E-state index in [0.29, 0.717) is 41.2 Å². The number of likely N-dealkylation sites (tertiary alicyclic amines) is 1. The second kappa shape index (κ2) is 7.58. The van der Waals surface area contributed by atoms with Gasteiger partial charge in [-0.15, -0.1) is 0 Å². The van der Waals surface area contributed by atoms with Gasteiger partial charge in [-0.2, -0.15) is 0 Å². The summed E-state index contributed by atoms with van der Waals surface area (Å²) in [6.45, 7) is 11.5. The Hall–Kier alpha value is -3.61. The van der Waals surface area contributed by atoms with E-state index in [0.717, 1.165) is 28.0 Å². The summed E-state index contributed by atoms with van der Waals surface area (Å²) < 4.78 is 15.4. The maximum absolute atomic E-state index is 15.4. The molecule has 160 valence electrons. The molecule has 1 aromatic rings. The molecule has 1 aromatic carbocycles. The highest BCUT2D eigenvalue weighted by molar-refractivity contribution is 6.23. The number of hydrogen-bond donors (Lipinski definition) is 5. The second-order valence-electron chi connectivity index (χ2n) is 8.14. The molecule has 0 saturated heterocycles. The van der Waals surface area contributed by atoms with Gasteiger partial charge >= 0.3 is 0 Å². The quantitative estimate of drug-likeness (QED) is 0.442. The number of rotatable bonds is 5. The van der Waals surface area contributed by atoms with Crippen molar-refractivity contribution < 1.29 is 4.39 Å². The van der Waals surface area contributed by atoms with Gasteiger partial charge in [0, 0.05) is 49.0 Å². The summed E-state index contributed by atoms with van der Waals surface area (Å²) in [5, 5.41) is 26.0. The zero-order valence-electron chi connectivity index (χ0n) is 18.0. The molecule has 3 aliphatic rings. The van der Waals surface area contributed by atoms with Crippen LogP contribution < -0.4 is 16.0 Å². The smallest absolute Gasteiger partial charge is 0.152 e. The molecular formula is C24H27FN6. The molecule has 0 amide bonds. The highest BCUT2D eigenvalue weighted by atomic mass is 19.1. The zero-order chi connectivity index (χ0) is 22.4. The Balaban J connectivity index is 1.77. The summed E-state index contributed by atoms with van der Waals surface area (Å²) >= 11 is 0. The lowest BCUT2D eigenvalue weighted by atomic mass is 9.98. The van der Waals surface area contributed by atoms with E-state index in [4.69, 9.17) is 10.8 Å². The van der Waals surface area contributed by atoms with Gasteiger partial charge in [0.1, 0.15) is 11.7 Å². The first-order valence-corrected chi connectivity index (χ1v) is 10.2. The second-order valence-corrected chi connectivity index (χ2v) is 8.14. The number of nitrogens with zero attached hydrogens (tertiary/aromatic N) is 1. The predicted octanol–water partition coefficient (Wildman–Crippen LogP) is 4.86. The molecule has 0 fully saturated rings. The van der Waals surface area contributed by atoms with Crippen molar-refractivity contribution in [2.45, 2.75) is 32.7 Å². The highest BCUT2D eigenvalue weighted by Crippen LogP contribution is 2.44.